The van der Waals surface area contributed by atoms with Gasteiger partial charge in [0, 0.05) is 36.4 Å². The summed E-state index contributed by atoms with van der Waals surface area (Å²) in [6.07, 6.45) is 8.72. The lowest BCUT2D eigenvalue weighted by Gasteiger charge is -2.16. The number of nitrogens with zero attached hydrogens (tertiary/aromatic N) is 3. The Bertz CT molecular complexity index is 715. The first kappa shape index (κ1) is 20.9. The van der Waals surface area contributed by atoms with Crippen molar-refractivity contribution in [3.8, 4) is 5.88 Å². The van der Waals surface area contributed by atoms with Gasteiger partial charge in [-0.2, -0.15) is 0 Å². The molecule has 0 aliphatic heterocycles. The summed E-state index contributed by atoms with van der Waals surface area (Å²) in [5.74, 6) is 1.47. The summed E-state index contributed by atoms with van der Waals surface area (Å²) >= 11 is 1.69. The second-order valence-electron chi connectivity index (χ2n) is 6.14. The lowest BCUT2D eigenvalue weighted by Crippen LogP contribution is -2.36. The molecule has 1 aliphatic rings. The molecule has 3 rings (SSSR count). The summed E-state index contributed by atoms with van der Waals surface area (Å²) in [4.78, 5) is 14.2. The SMILES string of the molecule is CN=C(NCc1ncc(C)s1)NCc1cccnc1OC1CCCC1.I. The molecule has 142 valence electrons. The highest BCUT2D eigenvalue weighted by Crippen LogP contribution is 2.24. The van der Waals surface area contributed by atoms with Gasteiger partial charge >= 0.3 is 0 Å². The molecule has 0 atom stereocenters. The fourth-order valence-electron chi connectivity index (χ4n) is 2.87. The van der Waals surface area contributed by atoms with E-state index in [-0.39, 0.29) is 24.0 Å². The third-order valence-electron chi connectivity index (χ3n) is 4.18. The van der Waals surface area contributed by atoms with Crippen LogP contribution in [0.1, 0.15) is 41.1 Å². The first-order valence-electron chi connectivity index (χ1n) is 8.71. The molecule has 1 aliphatic carbocycles. The van der Waals surface area contributed by atoms with E-state index in [4.69, 9.17) is 4.74 Å². The second kappa shape index (κ2) is 10.7. The van der Waals surface area contributed by atoms with E-state index in [0.29, 0.717) is 19.2 Å². The van der Waals surface area contributed by atoms with Gasteiger partial charge in [-0.05, 0) is 38.7 Å². The third-order valence-corrected chi connectivity index (χ3v) is 5.09. The number of aryl methyl sites for hydroxylation is 1. The normalized spacial score (nSPS) is 14.8. The van der Waals surface area contributed by atoms with E-state index in [9.17, 15) is 0 Å². The Labute approximate surface area is 175 Å². The van der Waals surface area contributed by atoms with Crippen LogP contribution < -0.4 is 15.4 Å². The van der Waals surface area contributed by atoms with E-state index in [1.165, 1.54) is 17.7 Å². The molecule has 0 aromatic carbocycles. The largest absolute Gasteiger partial charge is 0.474 e. The third kappa shape index (κ3) is 6.08. The fourth-order valence-corrected chi connectivity index (χ4v) is 3.60. The van der Waals surface area contributed by atoms with Gasteiger partial charge in [0.15, 0.2) is 5.96 Å². The Morgan fingerprint density at radius 1 is 1.27 bits per heavy atom. The summed E-state index contributed by atoms with van der Waals surface area (Å²) in [7, 11) is 1.77. The van der Waals surface area contributed by atoms with Crippen LogP contribution in [0.4, 0.5) is 0 Å². The van der Waals surface area contributed by atoms with Crippen molar-refractivity contribution < 1.29 is 4.74 Å². The van der Waals surface area contributed by atoms with Crippen LogP contribution >= 0.6 is 35.3 Å². The van der Waals surface area contributed by atoms with Crippen LogP contribution in [0.5, 0.6) is 5.88 Å². The topological polar surface area (TPSA) is 71.4 Å². The number of pyridine rings is 1. The molecule has 0 bridgehead atoms. The number of hydrogen-bond donors (Lipinski definition) is 2. The standard InChI is InChI=1S/C18H25N5OS.HI/c1-13-10-21-16(25-13)12-23-18(19-2)22-11-14-6-5-9-20-17(14)24-15-7-3-4-8-15;/h5-6,9-10,15H,3-4,7-8,11-12H2,1-2H3,(H2,19,22,23);1H. The maximum Gasteiger partial charge on any atom is 0.218 e. The lowest BCUT2D eigenvalue weighted by atomic mass is 10.2. The van der Waals surface area contributed by atoms with Crippen molar-refractivity contribution in [1.82, 2.24) is 20.6 Å². The minimum atomic E-state index is 0. The molecule has 26 heavy (non-hydrogen) atoms. The van der Waals surface area contributed by atoms with Crippen LogP contribution in [0, 0.1) is 6.92 Å². The highest BCUT2D eigenvalue weighted by molar-refractivity contribution is 14.0. The van der Waals surface area contributed by atoms with Gasteiger partial charge in [0.05, 0.1) is 6.54 Å². The Hall–Kier alpha value is -1.42. The number of aliphatic imine (C=N–C) groups is 1. The number of guanidine groups is 1. The molecule has 0 saturated heterocycles. The predicted molar refractivity (Wildman–Crippen MR) is 116 cm³/mol. The zero-order valence-corrected chi connectivity index (χ0v) is 18.3. The lowest BCUT2D eigenvalue weighted by molar-refractivity contribution is 0.199. The highest BCUT2D eigenvalue weighted by Gasteiger charge is 2.18. The van der Waals surface area contributed by atoms with Crippen LogP contribution in [-0.2, 0) is 13.1 Å². The zero-order chi connectivity index (χ0) is 17.5. The Kier molecular flexibility index (Phi) is 8.56. The van der Waals surface area contributed by atoms with Crippen molar-refractivity contribution in [1.29, 1.82) is 0 Å². The summed E-state index contributed by atoms with van der Waals surface area (Å²) in [5.41, 5.74) is 1.04. The average Bonchev–Trinajstić information content (AvgIpc) is 3.28. The Morgan fingerprint density at radius 2 is 2.04 bits per heavy atom. The van der Waals surface area contributed by atoms with Crippen molar-refractivity contribution in [2.75, 3.05) is 7.05 Å². The second-order valence-corrected chi connectivity index (χ2v) is 7.46. The molecule has 1 fully saturated rings. The number of halogens is 1. The number of rotatable bonds is 6. The minimum Gasteiger partial charge on any atom is -0.474 e. The number of hydrogen-bond acceptors (Lipinski definition) is 5. The van der Waals surface area contributed by atoms with Crippen LogP contribution in [0.2, 0.25) is 0 Å². The van der Waals surface area contributed by atoms with Gasteiger partial charge < -0.3 is 15.4 Å². The highest BCUT2D eigenvalue weighted by atomic mass is 127. The van der Waals surface area contributed by atoms with E-state index in [1.54, 1.807) is 24.6 Å². The van der Waals surface area contributed by atoms with Crippen molar-refractivity contribution >= 4 is 41.3 Å². The molecule has 8 heteroatoms. The van der Waals surface area contributed by atoms with Crippen molar-refractivity contribution in [2.45, 2.75) is 51.8 Å². The smallest absolute Gasteiger partial charge is 0.218 e. The van der Waals surface area contributed by atoms with Crippen LogP contribution in [0.15, 0.2) is 29.5 Å². The van der Waals surface area contributed by atoms with Crippen molar-refractivity contribution in [3.63, 3.8) is 0 Å². The van der Waals surface area contributed by atoms with Crippen molar-refractivity contribution in [3.05, 3.63) is 40.0 Å². The zero-order valence-electron chi connectivity index (χ0n) is 15.2. The monoisotopic (exact) mass is 487 g/mol. The Morgan fingerprint density at radius 3 is 2.73 bits per heavy atom. The van der Waals surface area contributed by atoms with Gasteiger partial charge in [0.2, 0.25) is 5.88 Å². The maximum atomic E-state index is 6.08. The molecule has 2 N–H and O–H groups in total. The number of nitrogens with one attached hydrogen (secondary N) is 2. The van der Waals surface area contributed by atoms with Gasteiger partial charge in [-0.3, -0.25) is 4.99 Å². The van der Waals surface area contributed by atoms with Gasteiger partial charge in [-0.1, -0.05) is 6.07 Å². The fraction of sp³-hybridized carbons (Fsp3) is 0.500. The summed E-state index contributed by atoms with van der Waals surface area (Å²) in [6, 6.07) is 3.98. The van der Waals surface area contributed by atoms with E-state index in [2.05, 4.69) is 32.5 Å². The van der Waals surface area contributed by atoms with Crippen LogP contribution in [0.25, 0.3) is 0 Å². The molecular weight excluding hydrogens is 461 g/mol. The molecule has 6 nitrogen and oxygen atoms in total. The van der Waals surface area contributed by atoms with E-state index >= 15 is 0 Å². The minimum absolute atomic E-state index is 0. The molecule has 2 aromatic rings. The Balaban J connectivity index is 0.00000243. The number of aromatic nitrogens is 2. The van der Waals surface area contributed by atoms with E-state index in [0.717, 1.165) is 35.3 Å². The van der Waals surface area contributed by atoms with Gasteiger partial charge in [0.1, 0.15) is 11.1 Å². The molecule has 1 saturated carbocycles. The summed E-state index contributed by atoms with van der Waals surface area (Å²) in [6.45, 7) is 3.34. The van der Waals surface area contributed by atoms with Crippen molar-refractivity contribution in [2.24, 2.45) is 4.99 Å². The molecular formula is C18H26IN5OS. The molecule has 0 amide bonds. The number of thiazole rings is 1. The quantitative estimate of drug-likeness (QED) is 0.370. The van der Waals surface area contributed by atoms with Gasteiger partial charge in [0.25, 0.3) is 0 Å². The van der Waals surface area contributed by atoms with Gasteiger partial charge in [-0.15, -0.1) is 35.3 Å². The molecule has 0 spiro atoms. The maximum absolute atomic E-state index is 6.08. The molecule has 0 unspecified atom stereocenters. The number of ether oxygens (including phenoxy) is 1. The average molecular weight is 487 g/mol. The first-order chi connectivity index (χ1) is 12.2. The molecule has 2 aromatic heterocycles. The first-order valence-corrected chi connectivity index (χ1v) is 9.52. The summed E-state index contributed by atoms with van der Waals surface area (Å²) < 4.78 is 6.08. The van der Waals surface area contributed by atoms with Crippen LogP contribution in [-0.4, -0.2) is 29.1 Å². The van der Waals surface area contributed by atoms with E-state index in [1.807, 2.05) is 18.3 Å². The molecule has 2 heterocycles. The van der Waals surface area contributed by atoms with Gasteiger partial charge in [-0.25, -0.2) is 9.97 Å². The predicted octanol–water partition coefficient (Wildman–Crippen LogP) is 3.65. The van der Waals surface area contributed by atoms with Crippen LogP contribution in [0.3, 0.4) is 0 Å². The summed E-state index contributed by atoms with van der Waals surface area (Å²) in [5, 5.41) is 7.66. The van der Waals surface area contributed by atoms with E-state index < -0.39 is 0 Å². The molecule has 0 radical (unpaired) electrons.